The summed E-state index contributed by atoms with van der Waals surface area (Å²) in [6.45, 7) is 0.228. The molecule has 0 saturated carbocycles. The van der Waals surface area contributed by atoms with Gasteiger partial charge in [-0.15, -0.1) is 0 Å². The zero-order valence-electron chi connectivity index (χ0n) is 21.7. The Bertz CT molecular complexity index is 1620. The van der Waals surface area contributed by atoms with E-state index in [4.69, 9.17) is 0 Å². The second-order valence-corrected chi connectivity index (χ2v) is 10.7. The third kappa shape index (κ3) is 3.56. The number of hydrogen-bond acceptors (Lipinski definition) is 4. The standard InChI is InChI=1S/C34H27N3O3/c38-28(19-22-11-3-1-4-12-22)36-35-21-34-26-17-9-7-15-24(26)29(25-16-8-10-18-27(25)34)30-31(34)33(40)37(32(30)39)20-23-13-5-2-6-14-23/h1-18,21,29-31H,19-20H2,(H,36,38)/b35-21-/t29?,30-,31-,34?/m1/s1. The Kier molecular flexibility index (Phi) is 5.70. The number of nitrogens with zero attached hydrogens (tertiary/aromatic N) is 2. The number of rotatable bonds is 6. The van der Waals surface area contributed by atoms with Gasteiger partial charge in [0.1, 0.15) is 0 Å². The van der Waals surface area contributed by atoms with Gasteiger partial charge in [0, 0.05) is 12.1 Å². The minimum Gasteiger partial charge on any atom is -0.278 e. The van der Waals surface area contributed by atoms with E-state index in [1.807, 2.05) is 97.1 Å². The number of benzene rings is 4. The van der Waals surface area contributed by atoms with Crippen LogP contribution in [0.5, 0.6) is 0 Å². The molecule has 6 nitrogen and oxygen atoms in total. The van der Waals surface area contributed by atoms with E-state index in [9.17, 15) is 14.4 Å². The zero-order valence-corrected chi connectivity index (χ0v) is 21.7. The lowest BCUT2D eigenvalue weighted by molar-refractivity contribution is -0.140. The highest BCUT2D eigenvalue weighted by Gasteiger charge is 2.67. The Labute approximate surface area is 232 Å². The molecule has 3 aliphatic carbocycles. The molecule has 1 fully saturated rings. The van der Waals surface area contributed by atoms with Gasteiger partial charge in [-0.05, 0) is 33.4 Å². The number of hydrogen-bond donors (Lipinski definition) is 1. The summed E-state index contributed by atoms with van der Waals surface area (Å²) < 4.78 is 0. The zero-order chi connectivity index (χ0) is 27.3. The van der Waals surface area contributed by atoms with E-state index in [0.29, 0.717) is 0 Å². The highest BCUT2D eigenvalue weighted by molar-refractivity contribution is 6.11. The van der Waals surface area contributed by atoms with Gasteiger partial charge < -0.3 is 0 Å². The fraction of sp³-hybridized carbons (Fsp3) is 0.176. The SMILES string of the molecule is O=C(Cc1ccccc1)N/N=C\C12c3ccccc3C(c3ccccc31)[C@H]1C(=O)N(Cc3ccccc3)C(=O)[C@@H]12. The highest BCUT2D eigenvalue weighted by atomic mass is 16.2. The van der Waals surface area contributed by atoms with Crippen molar-refractivity contribution in [2.75, 3.05) is 0 Å². The van der Waals surface area contributed by atoms with Crippen LogP contribution in [-0.2, 0) is 32.8 Å². The molecule has 40 heavy (non-hydrogen) atoms. The van der Waals surface area contributed by atoms with Crippen LogP contribution in [-0.4, -0.2) is 28.8 Å². The summed E-state index contributed by atoms with van der Waals surface area (Å²) in [5, 5.41) is 4.48. The smallest absolute Gasteiger partial charge is 0.244 e. The van der Waals surface area contributed by atoms with Crippen molar-refractivity contribution in [1.82, 2.24) is 10.3 Å². The van der Waals surface area contributed by atoms with Crippen LogP contribution in [0.1, 0.15) is 39.3 Å². The summed E-state index contributed by atoms with van der Waals surface area (Å²) >= 11 is 0. The predicted octanol–water partition coefficient (Wildman–Crippen LogP) is 4.58. The average molecular weight is 526 g/mol. The Hall–Kier alpha value is -4.84. The van der Waals surface area contributed by atoms with Gasteiger partial charge in [0.05, 0.1) is 30.2 Å². The molecule has 2 bridgehead atoms. The molecule has 1 aliphatic heterocycles. The average Bonchev–Trinajstić information content (AvgIpc) is 3.24. The van der Waals surface area contributed by atoms with Gasteiger partial charge >= 0.3 is 0 Å². The maximum atomic E-state index is 14.3. The van der Waals surface area contributed by atoms with Gasteiger partial charge in [0.15, 0.2) is 0 Å². The minimum atomic E-state index is -0.995. The largest absolute Gasteiger partial charge is 0.278 e. The fourth-order valence-corrected chi connectivity index (χ4v) is 7.06. The van der Waals surface area contributed by atoms with Crippen LogP contribution in [0.2, 0.25) is 0 Å². The Morgan fingerprint density at radius 2 is 1.30 bits per heavy atom. The topological polar surface area (TPSA) is 78.8 Å². The van der Waals surface area contributed by atoms with Crippen LogP contribution >= 0.6 is 0 Å². The predicted molar refractivity (Wildman–Crippen MR) is 151 cm³/mol. The Balaban J connectivity index is 1.33. The van der Waals surface area contributed by atoms with Crippen molar-refractivity contribution in [2.24, 2.45) is 16.9 Å². The maximum absolute atomic E-state index is 14.3. The summed E-state index contributed by atoms with van der Waals surface area (Å²) in [5.74, 6) is -2.03. The first-order chi connectivity index (χ1) is 19.6. The van der Waals surface area contributed by atoms with Crippen LogP contribution < -0.4 is 5.43 Å². The molecular weight excluding hydrogens is 498 g/mol. The molecule has 8 rings (SSSR count). The number of carbonyl (C=O) groups excluding carboxylic acids is 3. The summed E-state index contributed by atoms with van der Waals surface area (Å²) in [6, 6.07) is 35.1. The monoisotopic (exact) mass is 525 g/mol. The van der Waals surface area contributed by atoms with Gasteiger partial charge in [0.2, 0.25) is 17.7 Å². The number of imide groups is 1. The third-order valence-electron chi connectivity index (χ3n) is 8.62. The van der Waals surface area contributed by atoms with Crippen molar-refractivity contribution in [2.45, 2.75) is 24.3 Å². The van der Waals surface area contributed by atoms with E-state index in [1.165, 1.54) is 4.90 Å². The number of amides is 3. The summed E-state index contributed by atoms with van der Waals surface area (Å²) in [7, 11) is 0. The lowest BCUT2D eigenvalue weighted by atomic mass is 9.47. The van der Waals surface area contributed by atoms with Gasteiger partial charge in [-0.1, -0.05) is 109 Å². The van der Waals surface area contributed by atoms with Crippen molar-refractivity contribution in [3.8, 4) is 0 Å². The Morgan fingerprint density at radius 1 is 0.750 bits per heavy atom. The van der Waals surface area contributed by atoms with Crippen LogP contribution in [0.15, 0.2) is 114 Å². The lowest BCUT2D eigenvalue weighted by Crippen LogP contribution is -2.54. The summed E-state index contributed by atoms with van der Waals surface area (Å²) in [5.41, 5.74) is 7.48. The molecule has 2 atom stereocenters. The summed E-state index contributed by atoms with van der Waals surface area (Å²) in [4.78, 5) is 42.6. The molecule has 3 amide bonds. The van der Waals surface area contributed by atoms with Crippen molar-refractivity contribution in [3.05, 3.63) is 143 Å². The maximum Gasteiger partial charge on any atom is 0.244 e. The molecule has 1 heterocycles. The van der Waals surface area contributed by atoms with E-state index < -0.39 is 17.3 Å². The van der Waals surface area contributed by atoms with E-state index in [-0.39, 0.29) is 36.6 Å². The van der Waals surface area contributed by atoms with Gasteiger partial charge in [-0.25, -0.2) is 5.43 Å². The summed E-state index contributed by atoms with van der Waals surface area (Å²) in [6.07, 6.45) is 1.90. The van der Waals surface area contributed by atoms with Crippen molar-refractivity contribution >= 4 is 23.9 Å². The molecule has 0 spiro atoms. The molecule has 4 aromatic rings. The highest BCUT2D eigenvalue weighted by Crippen LogP contribution is 2.63. The van der Waals surface area contributed by atoms with Crippen LogP contribution in [0, 0.1) is 11.8 Å². The number of carbonyl (C=O) groups is 3. The molecule has 4 aliphatic rings. The molecule has 6 heteroatoms. The van der Waals surface area contributed by atoms with Gasteiger partial charge in [-0.3, -0.25) is 19.3 Å². The second kappa shape index (κ2) is 9.42. The lowest BCUT2D eigenvalue weighted by Gasteiger charge is -2.52. The molecule has 1 N–H and O–H groups in total. The molecule has 196 valence electrons. The van der Waals surface area contributed by atoms with Crippen LogP contribution in [0.4, 0.5) is 0 Å². The van der Waals surface area contributed by atoms with E-state index in [0.717, 1.165) is 33.4 Å². The number of nitrogens with one attached hydrogen (secondary N) is 1. The minimum absolute atomic E-state index is 0.154. The molecule has 1 saturated heterocycles. The first kappa shape index (κ1) is 24.2. The Morgan fingerprint density at radius 3 is 1.93 bits per heavy atom. The van der Waals surface area contributed by atoms with Crippen LogP contribution in [0.3, 0.4) is 0 Å². The van der Waals surface area contributed by atoms with E-state index in [1.54, 1.807) is 6.21 Å². The molecule has 4 aromatic carbocycles. The van der Waals surface area contributed by atoms with Crippen LogP contribution in [0.25, 0.3) is 0 Å². The van der Waals surface area contributed by atoms with E-state index >= 15 is 0 Å². The van der Waals surface area contributed by atoms with Crippen molar-refractivity contribution in [3.63, 3.8) is 0 Å². The van der Waals surface area contributed by atoms with Gasteiger partial charge in [0.25, 0.3) is 0 Å². The van der Waals surface area contributed by atoms with Gasteiger partial charge in [-0.2, -0.15) is 5.10 Å². The molecule has 0 aromatic heterocycles. The van der Waals surface area contributed by atoms with Crippen molar-refractivity contribution in [1.29, 1.82) is 0 Å². The first-order valence-electron chi connectivity index (χ1n) is 13.5. The molecular formula is C34H27N3O3. The fourth-order valence-electron chi connectivity index (χ4n) is 7.06. The number of hydrazone groups is 1. The molecule has 0 unspecified atom stereocenters. The van der Waals surface area contributed by atoms with E-state index in [2.05, 4.69) is 22.7 Å². The second-order valence-electron chi connectivity index (χ2n) is 10.7. The quantitative estimate of drug-likeness (QED) is 0.227. The molecule has 0 radical (unpaired) electrons. The number of likely N-dealkylation sites (tertiary alicyclic amines) is 1. The normalized spacial score (nSPS) is 24.1. The van der Waals surface area contributed by atoms with Crippen molar-refractivity contribution < 1.29 is 14.4 Å². The first-order valence-corrected chi connectivity index (χ1v) is 13.5. The third-order valence-corrected chi connectivity index (χ3v) is 8.62.